The van der Waals surface area contributed by atoms with E-state index in [0.29, 0.717) is 37.7 Å². The van der Waals surface area contributed by atoms with Crippen LogP contribution >= 0.6 is 23.2 Å². The number of esters is 2. The van der Waals surface area contributed by atoms with E-state index < -0.39 is 11.9 Å². The van der Waals surface area contributed by atoms with Crippen molar-refractivity contribution in [3.63, 3.8) is 0 Å². The maximum absolute atomic E-state index is 11.8. The quantitative estimate of drug-likeness (QED) is 0.370. The minimum atomic E-state index is -0.538. The number of aromatic nitrogens is 2. The van der Waals surface area contributed by atoms with E-state index in [2.05, 4.69) is 4.90 Å². The molecule has 0 aliphatic carbocycles. The number of fused-ring (bicyclic) bond motifs is 1. The highest BCUT2D eigenvalue weighted by Gasteiger charge is 2.13. The summed E-state index contributed by atoms with van der Waals surface area (Å²) in [6.45, 7) is 3.05. The number of aryl methyl sites for hydroxylation is 2. The number of carbonyl (C=O) groups is 2. The molecule has 160 valence electrons. The van der Waals surface area contributed by atoms with Crippen molar-refractivity contribution in [2.45, 2.75) is 26.2 Å². The van der Waals surface area contributed by atoms with E-state index in [4.69, 9.17) is 37.7 Å². The molecule has 0 radical (unpaired) electrons. The van der Waals surface area contributed by atoms with Crippen LogP contribution in [0.25, 0.3) is 11.0 Å². The van der Waals surface area contributed by atoms with Gasteiger partial charge in [-0.2, -0.15) is 0 Å². The smallest absolute Gasteiger partial charge is 0.344 e. The third kappa shape index (κ3) is 6.78. The maximum atomic E-state index is 11.8. The minimum absolute atomic E-state index is 0.215. The summed E-state index contributed by atoms with van der Waals surface area (Å²) in [5, 5.41) is 0. The van der Waals surface area contributed by atoms with Crippen LogP contribution in [0.2, 0.25) is 0 Å². The highest BCUT2D eigenvalue weighted by atomic mass is 35.5. The molecule has 1 aromatic heterocycles. The lowest BCUT2D eigenvalue weighted by molar-refractivity contribution is -0.158. The third-order valence-corrected chi connectivity index (χ3v) is 4.81. The molecule has 7 nitrogen and oxygen atoms in total. The number of halogens is 2. The molecular weight excluding hydrogens is 417 g/mol. The normalized spacial score (nSPS) is 10.9. The van der Waals surface area contributed by atoms with E-state index in [1.807, 2.05) is 29.8 Å². The molecule has 0 aliphatic rings. The third-order valence-electron chi connectivity index (χ3n) is 4.47. The number of nitrogens with zero attached hydrogens (tertiary/aromatic N) is 3. The van der Waals surface area contributed by atoms with Gasteiger partial charge in [-0.25, -0.2) is 9.78 Å². The van der Waals surface area contributed by atoms with Gasteiger partial charge in [0.25, 0.3) is 0 Å². The highest BCUT2D eigenvalue weighted by molar-refractivity contribution is 6.18. The van der Waals surface area contributed by atoms with Gasteiger partial charge in [-0.1, -0.05) is 0 Å². The molecule has 0 aliphatic heterocycles. The van der Waals surface area contributed by atoms with E-state index in [1.165, 1.54) is 0 Å². The molecule has 0 N–H and O–H groups in total. The molecule has 2 rings (SSSR count). The zero-order valence-corrected chi connectivity index (χ0v) is 18.3. The van der Waals surface area contributed by atoms with Crippen LogP contribution in [0.3, 0.4) is 0 Å². The van der Waals surface area contributed by atoms with Crippen molar-refractivity contribution in [2.24, 2.45) is 7.05 Å². The number of anilines is 1. The molecular formula is C20H27Cl2N3O4. The number of hydrogen-bond donors (Lipinski definition) is 0. The Labute approximate surface area is 180 Å². The number of carbonyl (C=O) groups excluding carboxylic acids is 2. The number of alkyl halides is 2. The molecule has 0 unspecified atom stereocenters. The van der Waals surface area contributed by atoms with Gasteiger partial charge in [-0.15, -0.1) is 23.2 Å². The second-order valence-corrected chi connectivity index (χ2v) is 7.20. The first-order valence-electron chi connectivity index (χ1n) is 9.63. The van der Waals surface area contributed by atoms with Gasteiger partial charge in [-0.3, -0.25) is 4.79 Å². The first kappa shape index (κ1) is 23.3. The Morgan fingerprint density at radius 3 is 2.52 bits per heavy atom. The van der Waals surface area contributed by atoms with Gasteiger partial charge < -0.3 is 18.9 Å². The van der Waals surface area contributed by atoms with Gasteiger partial charge in [0.1, 0.15) is 5.82 Å². The molecule has 29 heavy (non-hydrogen) atoms. The lowest BCUT2D eigenvalue weighted by Crippen LogP contribution is -2.27. The van der Waals surface area contributed by atoms with Crippen LogP contribution in [0.4, 0.5) is 5.69 Å². The van der Waals surface area contributed by atoms with E-state index in [9.17, 15) is 9.59 Å². The Hall–Kier alpha value is -1.99. The van der Waals surface area contributed by atoms with Gasteiger partial charge in [0.2, 0.25) is 0 Å². The van der Waals surface area contributed by atoms with Crippen LogP contribution in [-0.2, 0) is 32.5 Å². The molecule has 0 saturated carbocycles. The summed E-state index contributed by atoms with van der Waals surface area (Å²) in [5.74, 6) is 0.974. The monoisotopic (exact) mass is 443 g/mol. The predicted molar refractivity (Wildman–Crippen MR) is 115 cm³/mol. The van der Waals surface area contributed by atoms with Crippen molar-refractivity contribution < 1.29 is 19.1 Å². The second-order valence-electron chi connectivity index (χ2n) is 6.44. The molecule has 0 amide bonds. The van der Waals surface area contributed by atoms with Crippen molar-refractivity contribution in [1.29, 1.82) is 0 Å². The summed E-state index contributed by atoms with van der Waals surface area (Å²) in [6, 6.07) is 6.11. The number of rotatable bonds is 12. The number of hydrogen-bond acceptors (Lipinski definition) is 6. The van der Waals surface area contributed by atoms with Crippen molar-refractivity contribution in [3.8, 4) is 0 Å². The fourth-order valence-corrected chi connectivity index (χ4v) is 3.45. The minimum Gasteiger partial charge on any atom is -0.463 e. The molecule has 1 aromatic carbocycles. The largest absolute Gasteiger partial charge is 0.463 e. The van der Waals surface area contributed by atoms with Crippen molar-refractivity contribution in [1.82, 2.24) is 9.55 Å². The topological polar surface area (TPSA) is 73.7 Å². The van der Waals surface area contributed by atoms with Crippen LogP contribution in [0.15, 0.2) is 18.2 Å². The lowest BCUT2D eigenvalue weighted by Gasteiger charge is -2.22. The molecule has 0 atom stereocenters. The fourth-order valence-electron chi connectivity index (χ4n) is 3.04. The van der Waals surface area contributed by atoms with Crippen LogP contribution < -0.4 is 4.90 Å². The van der Waals surface area contributed by atoms with Gasteiger partial charge in [-0.05, 0) is 31.5 Å². The maximum Gasteiger partial charge on any atom is 0.344 e. The predicted octanol–water partition coefficient (Wildman–Crippen LogP) is 3.29. The molecule has 9 heteroatoms. The molecule has 1 heterocycles. The Kier molecular flexibility index (Phi) is 9.54. The Morgan fingerprint density at radius 2 is 1.86 bits per heavy atom. The summed E-state index contributed by atoms with van der Waals surface area (Å²) in [6.07, 6.45) is 1.42. The van der Waals surface area contributed by atoms with E-state index >= 15 is 0 Å². The van der Waals surface area contributed by atoms with Crippen LogP contribution in [-0.4, -0.2) is 59.6 Å². The Morgan fingerprint density at radius 1 is 1.14 bits per heavy atom. The number of imidazole rings is 1. The second kappa shape index (κ2) is 11.9. The summed E-state index contributed by atoms with van der Waals surface area (Å²) in [7, 11) is 1.96. The summed E-state index contributed by atoms with van der Waals surface area (Å²) >= 11 is 11.8. The number of benzene rings is 1. The molecule has 2 aromatic rings. The van der Waals surface area contributed by atoms with Crippen LogP contribution in [0, 0.1) is 0 Å². The van der Waals surface area contributed by atoms with Gasteiger partial charge in [0.05, 0.1) is 17.6 Å². The summed E-state index contributed by atoms with van der Waals surface area (Å²) in [4.78, 5) is 29.8. The van der Waals surface area contributed by atoms with Crippen molar-refractivity contribution in [3.05, 3.63) is 24.0 Å². The van der Waals surface area contributed by atoms with Crippen molar-refractivity contribution in [2.75, 3.05) is 43.0 Å². The zero-order valence-electron chi connectivity index (χ0n) is 16.8. The van der Waals surface area contributed by atoms with Gasteiger partial charge in [0, 0.05) is 50.4 Å². The molecule has 0 spiro atoms. The van der Waals surface area contributed by atoms with Gasteiger partial charge >= 0.3 is 11.9 Å². The molecule has 0 fully saturated rings. The SMILES string of the molecule is CCOC(=O)COC(=O)CCCc1nc2cc(N(CCCl)CCCl)ccc2n1C. The van der Waals surface area contributed by atoms with E-state index in [1.54, 1.807) is 6.92 Å². The van der Waals surface area contributed by atoms with Gasteiger partial charge in [0.15, 0.2) is 6.61 Å². The fraction of sp³-hybridized carbons (Fsp3) is 0.550. The molecule has 0 bridgehead atoms. The summed E-state index contributed by atoms with van der Waals surface area (Å²) < 4.78 is 11.7. The lowest BCUT2D eigenvalue weighted by atomic mass is 10.2. The van der Waals surface area contributed by atoms with Crippen molar-refractivity contribution >= 4 is 51.9 Å². The van der Waals surface area contributed by atoms with Crippen LogP contribution in [0.5, 0.6) is 0 Å². The standard InChI is InChI=1S/C20H27Cl2N3O4/c1-3-28-20(27)14-29-19(26)6-4-5-18-23-16-13-15(7-8-17(16)24(18)2)25(11-9-21)12-10-22/h7-8,13H,3-6,9-12,14H2,1-2H3. The Balaban J connectivity index is 1.96. The average Bonchev–Trinajstić information content (AvgIpc) is 3.01. The highest BCUT2D eigenvalue weighted by Crippen LogP contribution is 2.23. The first-order valence-corrected chi connectivity index (χ1v) is 10.7. The first-order chi connectivity index (χ1) is 14.0. The summed E-state index contributed by atoms with van der Waals surface area (Å²) in [5.41, 5.74) is 2.94. The molecule has 0 saturated heterocycles. The van der Waals surface area contributed by atoms with E-state index in [0.717, 1.165) is 22.5 Å². The number of ether oxygens (including phenoxy) is 2. The Bertz CT molecular complexity index is 819. The zero-order chi connectivity index (χ0) is 21.2. The van der Waals surface area contributed by atoms with Crippen LogP contribution in [0.1, 0.15) is 25.6 Å². The average molecular weight is 444 g/mol. The van der Waals surface area contributed by atoms with E-state index in [-0.39, 0.29) is 19.6 Å².